The molecule has 1 aromatic carbocycles. The van der Waals surface area contributed by atoms with Gasteiger partial charge in [-0.25, -0.2) is 4.98 Å². The maximum absolute atomic E-state index is 12.8. The summed E-state index contributed by atoms with van der Waals surface area (Å²) < 4.78 is 5.55. The lowest BCUT2D eigenvalue weighted by Gasteiger charge is -2.27. The number of rotatable bonds is 7. The van der Waals surface area contributed by atoms with Gasteiger partial charge in [-0.05, 0) is 64.2 Å². The van der Waals surface area contributed by atoms with Crippen molar-refractivity contribution in [2.75, 3.05) is 26.7 Å². The van der Waals surface area contributed by atoms with Crippen molar-refractivity contribution in [2.24, 2.45) is 5.92 Å². The summed E-state index contributed by atoms with van der Waals surface area (Å²) in [6.07, 6.45) is 1.88. The molecule has 27 heavy (non-hydrogen) atoms. The second kappa shape index (κ2) is 8.91. The molecule has 5 heteroatoms. The number of piperidine rings is 1. The average molecular weight is 366 g/mol. The molecule has 0 bridgehead atoms. The first-order valence-electron chi connectivity index (χ1n) is 9.52. The van der Waals surface area contributed by atoms with Crippen molar-refractivity contribution in [3.05, 3.63) is 59.4 Å². The molecule has 142 valence electrons. The third-order valence-electron chi connectivity index (χ3n) is 4.98. The first kappa shape index (κ1) is 19.2. The maximum Gasteiger partial charge on any atom is 0.184 e. The van der Waals surface area contributed by atoms with E-state index < -0.39 is 0 Å². The molecular weight excluding hydrogens is 340 g/mol. The van der Waals surface area contributed by atoms with Crippen LogP contribution in [0.3, 0.4) is 0 Å². The van der Waals surface area contributed by atoms with E-state index in [0.29, 0.717) is 29.3 Å². The van der Waals surface area contributed by atoms with E-state index in [1.165, 1.54) is 0 Å². The van der Waals surface area contributed by atoms with Crippen LogP contribution in [-0.2, 0) is 6.42 Å². The minimum absolute atomic E-state index is 0.0262. The van der Waals surface area contributed by atoms with Crippen molar-refractivity contribution in [2.45, 2.75) is 26.2 Å². The Morgan fingerprint density at radius 1 is 1.11 bits per heavy atom. The number of hydrogen-bond acceptors (Lipinski definition) is 5. The Morgan fingerprint density at radius 2 is 1.85 bits per heavy atom. The average Bonchev–Trinajstić information content (AvgIpc) is 2.69. The highest BCUT2D eigenvalue weighted by atomic mass is 16.5. The number of aromatic nitrogens is 1. The molecule has 1 aliphatic heterocycles. The van der Waals surface area contributed by atoms with Crippen molar-refractivity contribution in [1.29, 1.82) is 0 Å². The SMILES string of the molecule is CCOc1ccccc1C(=O)Cc1cccc(C(=O)C2CCN(C)CC2)n1. The van der Waals surface area contributed by atoms with Crippen LogP contribution < -0.4 is 4.74 Å². The third kappa shape index (κ3) is 4.80. The lowest BCUT2D eigenvalue weighted by Crippen LogP contribution is -2.33. The van der Waals surface area contributed by atoms with Crippen LogP contribution in [0.5, 0.6) is 5.75 Å². The van der Waals surface area contributed by atoms with Gasteiger partial charge < -0.3 is 9.64 Å². The number of benzene rings is 1. The zero-order valence-corrected chi connectivity index (χ0v) is 16.0. The Hall–Kier alpha value is -2.53. The number of Topliss-reactive ketones (excluding diaryl/α,β-unsaturated/α-hetero) is 2. The fourth-order valence-electron chi connectivity index (χ4n) is 3.43. The predicted octanol–water partition coefficient (Wildman–Crippen LogP) is 3.43. The summed E-state index contributed by atoms with van der Waals surface area (Å²) >= 11 is 0. The quantitative estimate of drug-likeness (QED) is 0.703. The van der Waals surface area contributed by atoms with Gasteiger partial charge in [0.2, 0.25) is 0 Å². The predicted molar refractivity (Wildman–Crippen MR) is 104 cm³/mol. The fourth-order valence-corrected chi connectivity index (χ4v) is 3.43. The summed E-state index contributed by atoms with van der Waals surface area (Å²) in [5, 5.41) is 0. The number of nitrogens with zero attached hydrogens (tertiary/aromatic N) is 2. The number of carbonyl (C=O) groups is 2. The van der Waals surface area contributed by atoms with Crippen molar-refractivity contribution in [3.8, 4) is 5.75 Å². The van der Waals surface area contributed by atoms with E-state index in [-0.39, 0.29) is 23.9 Å². The molecule has 0 unspecified atom stereocenters. The van der Waals surface area contributed by atoms with E-state index in [0.717, 1.165) is 25.9 Å². The summed E-state index contributed by atoms with van der Waals surface area (Å²) in [6, 6.07) is 12.6. The number of hydrogen-bond donors (Lipinski definition) is 0. The Morgan fingerprint density at radius 3 is 2.59 bits per heavy atom. The maximum atomic E-state index is 12.8. The highest BCUT2D eigenvalue weighted by Crippen LogP contribution is 2.22. The van der Waals surface area contributed by atoms with Gasteiger partial charge in [0.05, 0.1) is 18.6 Å². The van der Waals surface area contributed by atoms with Crippen molar-refractivity contribution < 1.29 is 14.3 Å². The van der Waals surface area contributed by atoms with Gasteiger partial charge >= 0.3 is 0 Å². The third-order valence-corrected chi connectivity index (χ3v) is 4.98. The van der Waals surface area contributed by atoms with Crippen LogP contribution in [0.2, 0.25) is 0 Å². The largest absolute Gasteiger partial charge is 0.493 e. The molecule has 2 aromatic rings. The van der Waals surface area contributed by atoms with E-state index in [1.807, 2.05) is 25.1 Å². The molecular formula is C22H26N2O3. The molecule has 1 aromatic heterocycles. The van der Waals surface area contributed by atoms with Crippen molar-refractivity contribution in [3.63, 3.8) is 0 Å². The highest BCUT2D eigenvalue weighted by Gasteiger charge is 2.25. The van der Waals surface area contributed by atoms with Gasteiger partial charge in [0.25, 0.3) is 0 Å². The highest BCUT2D eigenvalue weighted by molar-refractivity contribution is 6.00. The monoisotopic (exact) mass is 366 g/mol. The van der Waals surface area contributed by atoms with Crippen molar-refractivity contribution >= 4 is 11.6 Å². The summed E-state index contributed by atoms with van der Waals surface area (Å²) in [7, 11) is 2.07. The summed E-state index contributed by atoms with van der Waals surface area (Å²) in [5.74, 6) is 0.643. The lowest BCUT2D eigenvalue weighted by molar-refractivity contribution is 0.0850. The fraction of sp³-hybridized carbons (Fsp3) is 0.409. The minimum Gasteiger partial charge on any atom is -0.493 e. The molecule has 0 spiro atoms. The molecule has 0 N–H and O–H groups in total. The molecule has 0 saturated carbocycles. The van der Waals surface area contributed by atoms with Gasteiger partial charge in [0.1, 0.15) is 11.4 Å². The van der Waals surface area contributed by atoms with Crippen LogP contribution in [0.25, 0.3) is 0 Å². The van der Waals surface area contributed by atoms with Gasteiger partial charge in [0.15, 0.2) is 11.6 Å². The Kier molecular flexibility index (Phi) is 6.35. The molecule has 1 fully saturated rings. The number of pyridine rings is 1. The topological polar surface area (TPSA) is 59.5 Å². The molecule has 0 atom stereocenters. The Bertz CT molecular complexity index is 811. The number of para-hydroxylation sites is 1. The first-order valence-corrected chi connectivity index (χ1v) is 9.52. The van der Waals surface area contributed by atoms with Gasteiger partial charge in [-0.15, -0.1) is 0 Å². The van der Waals surface area contributed by atoms with Crippen LogP contribution >= 0.6 is 0 Å². The van der Waals surface area contributed by atoms with Gasteiger partial charge in [-0.1, -0.05) is 18.2 Å². The van der Waals surface area contributed by atoms with E-state index in [9.17, 15) is 9.59 Å². The number of ether oxygens (including phenoxy) is 1. The number of ketones is 2. The molecule has 0 amide bonds. The van der Waals surface area contributed by atoms with E-state index >= 15 is 0 Å². The van der Waals surface area contributed by atoms with E-state index in [4.69, 9.17) is 4.74 Å². The van der Waals surface area contributed by atoms with Crippen LogP contribution in [0.1, 0.15) is 46.3 Å². The number of carbonyl (C=O) groups excluding carboxylic acids is 2. The van der Waals surface area contributed by atoms with Crippen molar-refractivity contribution in [1.82, 2.24) is 9.88 Å². The minimum atomic E-state index is -0.0598. The summed E-state index contributed by atoms with van der Waals surface area (Å²) in [6.45, 7) is 4.26. The molecule has 2 heterocycles. The zero-order valence-electron chi connectivity index (χ0n) is 16.0. The second-order valence-corrected chi connectivity index (χ2v) is 6.99. The molecule has 0 radical (unpaired) electrons. The lowest BCUT2D eigenvalue weighted by atomic mass is 9.91. The molecule has 0 aliphatic carbocycles. The standard InChI is InChI=1S/C22H26N2O3/c1-3-27-21-10-5-4-8-18(21)20(25)15-17-7-6-9-19(23-17)22(26)16-11-13-24(2)14-12-16/h4-10,16H,3,11-15H2,1-2H3. The summed E-state index contributed by atoms with van der Waals surface area (Å²) in [4.78, 5) is 32.2. The summed E-state index contributed by atoms with van der Waals surface area (Å²) in [5.41, 5.74) is 1.63. The molecule has 1 saturated heterocycles. The zero-order chi connectivity index (χ0) is 19.2. The Labute approximate surface area is 160 Å². The van der Waals surface area contributed by atoms with Gasteiger partial charge in [-0.2, -0.15) is 0 Å². The first-order chi connectivity index (χ1) is 13.1. The smallest absolute Gasteiger partial charge is 0.184 e. The molecule has 5 nitrogen and oxygen atoms in total. The Balaban J connectivity index is 1.72. The second-order valence-electron chi connectivity index (χ2n) is 6.99. The van der Waals surface area contributed by atoms with Crippen LogP contribution in [0.15, 0.2) is 42.5 Å². The van der Waals surface area contributed by atoms with Crippen LogP contribution in [0, 0.1) is 5.92 Å². The van der Waals surface area contributed by atoms with Crippen LogP contribution in [0.4, 0.5) is 0 Å². The van der Waals surface area contributed by atoms with Gasteiger partial charge in [0, 0.05) is 11.6 Å². The molecule has 1 aliphatic rings. The van der Waals surface area contributed by atoms with E-state index in [1.54, 1.807) is 24.3 Å². The number of likely N-dealkylation sites (tertiary alicyclic amines) is 1. The van der Waals surface area contributed by atoms with E-state index in [2.05, 4.69) is 16.9 Å². The molecule has 3 rings (SSSR count). The van der Waals surface area contributed by atoms with Gasteiger partial charge in [-0.3, -0.25) is 9.59 Å². The normalized spacial score (nSPS) is 15.5. The van der Waals surface area contributed by atoms with Crippen LogP contribution in [-0.4, -0.2) is 48.2 Å².